The maximum Gasteiger partial charge on any atom is 0.223 e. The van der Waals surface area contributed by atoms with Gasteiger partial charge >= 0.3 is 0 Å². The van der Waals surface area contributed by atoms with Gasteiger partial charge in [-0.1, -0.05) is 16.8 Å². The summed E-state index contributed by atoms with van der Waals surface area (Å²) in [6.45, 7) is 2.36. The lowest BCUT2D eigenvalue weighted by molar-refractivity contribution is 0.387. The Morgan fingerprint density at radius 2 is 2.24 bits per heavy atom. The number of rotatable bonds is 4. The van der Waals surface area contributed by atoms with E-state index < -0.39 is 0 Å². The summed E-state index contributed by atoms with van der Waals surface area (Å²) in [6, 6.07) is 3.35. The van der Waals surface area contributed by atoms with Gasteiger partial charge in [-0.15, -0.1) is 0 Å². The summed E-state index contributed by atoms with van der Waals surface area (Å²) in [6.07, 6.45) is 0.630. The number of aromatic nitrogens is 3. The Bertz CT molecular complexity index is 513. The third kappa shape index (κ3) is 3.07. The number of nitrogen functional groups attached to an aromatic ring is 1. The van der Waals surface area contributed by atoms with Crippen LogP contribution in [0.1, 0.15) is 11.7 Å². The van der Waals surface area contributed by atoms with Crippen molar-refractivity contribution in [1.82, 2.24) is 15.1 Å². The molecular weight excluding hydrogens is 242 g/mol. The number of halogens is 1. The van der Waals surface area contributed by atoms with Crippen LogP contribution in [-0.2, 0) is 6.42 Å². The third-order valence-electron chi connectivity index (χ3n) is 2.10. The molecule has 3 N–H and O–H groups in total. The zero-order chi connectivity index (χ0) is 12.3. The van der Waals surface area contributed by atoms with Gasteiger partial charge in [0.05, 0.1) is 5.69 Å². The van der Waals surface area contributed by atoms with Gasteiger partial charge in [0.1, 0.15) is 5.15 Å². The number of nitrogens with zero attached hydrogens (tertiary/aromatic N) is 3. The number of anilines is 2. The monoisotopic (exact) mass is 253 g/mol. The Morgan fingerprint density at radius 3 is 2.94 bits per heavy atom. The Hall–Kier alpha value is -1.82. The first-order chi connectivity index (χ1) is 8.15. The van der Waals surface area contributed by atoms with E-state index in [2.05, 4.69) is 20.4 Å². The highest BCUT2D eigenvalue weighted by atomic mass is 35.5. The van der Waals surface area contributed by atoms with Crippen molar-refractivity contribution in [1.29, 1.82) is 0 Å². The molecule has 0 radical (unpaired) electrons. The van der Waals surface area contributed by atoms with Crippen LogP contribution in [0.25, 0.3) is 0 Å². The Kier molecular flexibility index (Phi) is 3.43. The van der Waals surface area contributed by atoms with Gasteiger partial charge in [0.15, 0.2) is 11.6 Å². The van der Waals surface area contributed by atoms with Crippen molar-refractivity contribution in [2.24, 2.45) is 0 Å². The van der Waals surface area contributed by atoms with Crippen LogP contribution in [0.15, 0.2) is 16.7 Å². The molecule has 0 amide bonds. The number of aryl methyl sites for hydroxylation is 1. The van der Waals surface area contributed by atoms with E-state index in [1.165, 1.54) is 0 Å². The van der Waals surface area contributed by atoms with Crippen molar-refractivity contribution in [3.63, 3.8) is 0 Å². The van der Waals surface area contributed by atoms with Crippen molar-refractivity contribution in [2.45, 2.75) is 13.3 Å². The summed E-state index contributed by atoms with van der Waals surface area (Å²) < 4.78 is 4.86. The van der Waals surface area contributed by atoms with Gasteiger partial charge in [-0.05, 0) is 12.1 Å². The number of pyridine rings is 1. The second-order valence-corrected chi connectivity index (χ2v) is 3.87. The smallest absolute Gasteiger partial charge is 0.223 e. The molecule has 0 aromatic carbocycles. The molecule has 0 aliphatic rings. The molecule has 0 aliphatic heterocycles. The number of nitrogens with one attached hydrogen (secondary N) is 1. The SMILES string of the molecule is Cc1nc(CCNc2nc(Cl)ccc2N)no1. The van der Waals surface area contributed by atoms with E-state index in [1.807, 2.05) is 0 Å². The van der Waals surface area contributed by atoms with Crippen LogP contribution in [0.3, 0.4) is 0 Å². The van der Waals surface area contributed by atoms with Gasteiger partial charge in [0.25, 0.3) is 0 Å². The molecule has 7 heteroatoms. The highest BCUT2D eigenvalue weighted by Gasteiger charge is 2.04. The van der Waals surface area contributed by atoms with E-state index >= 15 is 0 Å². The molecule has 0 aliphatic carbocycles. The number of hydrogen-bond acceptors (Lipinski definition) is 6. The first-order valence-corrected chi connectivity index (χ1v) is 5.48. The van der Waals surface area contributed by atoms with Crippen molar-refractivity contribution in [3.05, 3.63) is 29.0 Å². The average molecular weight is 254 g/mol. The van der Waals surface area contributed by atoms with Crippen molar-refractivity contribution in [2.75, 3.05) is 17.6 Å². The van der Waals surface area contributed by atoms with Crippen molar-refractivity contribution < 1.29 is 4.52 Å². The van der Waals surface area contributed by atoms with E-state index in [0.717, 1.165) is 0 Å². The van der Waals surface area contributed by atoms with Gasteiger partial charge in [-0.25, -0.2) is 4.98 Å². The molecule has 0 atom stereocenters. The zero-order valence-electron chi connectivity index (χ0n) is 9.27. The molecule has 2 heterocycles. The second kappa shape index (κ2) is 5.01. The van der Waals surface area contributed by atoms with Crippen LogP contribution in [0.2, 0.25) is 5.15 Å². The lowest BCUT2D eigenvalue weighted by Crippen LogP contribution is -2.09. The maximum absolute atomic E-state index is 5.77. The van der Waals surface area contributed by atoms with Crippen molar-refractivity contribution >= 4 is 23.1 Å². The fourth-order valence-corrected chi connectivity index (χ4v) is 1.47. The lowest BCUT2D eigenvalue weighted by Gasteiger charge is -2.06. The minimum atomic E-state index is 0.400. The quantitative estimate of drug-likeness (QED) is 0.806. The molecule has 0 spiro atoms. The van der Waals surface area contributed by atoms with Crippen LogP contribution in [0, 0.1) is 6.92 Å². The summed E-state index contributed by atoms with van der Waals surface area (Å²) in [5.41, 5.74) is 6.29. The molecule has 0 saturated carbocycles. The lowest BCUT2D eigenvalue weighted by atomic mass is 10.3. The van der Waals surface area contributed by atoms with E-state index in [-0.39, 0.29) is 0 Å². The predicted molar refractivity (Wildman–Crippen MR) is 64.9 cm³/mol. The molecule has 2 aromatic heterocycles. The first-order valence-electron chi connectivity index (χ1n) is 5.10. The van der Waals surface area contributed by atoms with E-state index in [4.69, 9.17) is 21.9 Å². The fraction of sp³-hybridized carbons (Fsp3) is 0.300. The van der Waals surface area contributed by atoms with Gasteiger partial charge in [-0.3, -0.25) is 0 Å². The van der Waals surface area contributed by atoms with E-state index in [0.29, 0.717) is 41.3 Å². The normalized spacial score (nSPS) is 10.5. The minimum Gasteiger partial charge on any atom is -0.396 e. The average Bonchev–Trinajstić information content (AvgIpc) is 2.69. The summed E-state index contributed by atoms with van der Waals surface area (Å²) in [5, 5.41) is 7.25. The maximum atomic E-state index is 5.77. The standard InChI is InChI=1S/C10H12ClN5O/c1-6-14-9(16-17-6)4-5-13-10-7(12)2-3-8(11)15-10/h2-3H,4-5,12H2,1H3,(H,13,15). The van der Waals surface area contributed by atoms with E-state index in [1.54, 1.807) is 19.1 Å². The van der Waals surface area contributed by atoms with Crippen LogP contribution >= 0.6 is 11.6 Å². The molecule has 2 rings (SSSR count). The minimum absolute atomic E-state index is 0.400. The van der Waals surface area contributed by atoms with E-state index in [9.17, 15) is 0 Å². The molecule has 0 saturated heterocycles. The first kappa shape index (κ1) is 11.7. The summed E-state index contributed by atoms with van der Waals surface area (Å²) >= 11 is 5.77. The predicted octanol–water partition coefficient (Wildman–Crippen LogP) is 1.66. The molecule has 0 unspecified atom stereocenters. The molecule has 90 valence electrons. The van der Waals surface area contributed by atoms with Crippen LogP contribution in [0.4, 0.5) is 11.5 Å². The van der Waals surface area contributed by atoms with Gasteiger partial charge in [0, 0.05) is 19.9 Å². The highest BCUT2D eigenvalue weighted by molar-refractivity contribution is 6.29. The highest BCUT2D eigenvalue weighted by Crippen LogP contribution is 2.17. The summed E-state index contributed by atoms with van der Waals surface area (Å²) in [7, 11) is 0. The third-order valence-corrected chi connectivity index (χ3v) is 2.31. The zero-order valence-corrected chi connectivity index (χ0v) is 10.0. The Labute approximate surface area is 103 Å². The largest absolute Gasteiger partial charge is 0.396 e. The van der Waals surface area contributed by atoms with Crippen molar-refractivity contribution in [3.8, 4) is 0 Å². The molecule has 6 nitrogen and oxygen atoms in total. The van der Waals surface area contributed by atoms with Gasteiger partial charge < -0.3 is 15.6 Å². The number of hydrogen-bond donors (Lipinski definition) is 2. The Balaban J connectivity index is 1.91. The van der Waals surface area contributed by atoms with Crippen LogP contribution in [0.5, 0.6) is 0 Å². The molecule has 0 bridgehead atoms. The molecule has 2 aromatic rings. The number of nitrogens with two attached hydrogens (primary N) is 1. The second-order valence-electron chi connectivity index (χ2n) is 3.48. The summed E-state index contributed by atoms with van der Waals surface area (Å²) in [4.78, 5) is 8.16. The van der Waals surface area contributed by atoms with Gasteiger partial charge in [0.2, 0.25) is 5.89 Å². The molecule has 17 heavy (non-hydrogen) atoms. The van der Waals surface area contributed by atoms with Crippen LogP contribution in [-0.4, -0.2) is 21.7 Å². The molecular formula is C10H12ClN5O. The van der Waals surface area contributed by atoms with Crippen LogP contribution < -0.4 is 11.1 Å². The summed E-state index contributed by atoms with van der Waals surface area (Å²) in [5.74, 6) is 1.77. The molecule has 0 fully saturated rings. The van der Waals surface area contributed by atoms with Gasteiger partial charge in [-0.2, -0.15) is 4.98 Å². The fourth-order valence-electron chi connectivity index (χ4n) is 1.32. The Morgan fingerprint density at radius 1 is 1.41 bits per heavy atom. The topological polar surface area (TPSA) is 89.9 Å².